The number of rotatable bonds is 25. The third-order valence-corrected chi connectivity index (χ3v) is 6.54. The summed E-state index contributed by atoms with van der Waals surface area (Å²) in [4.78, 5) is 51.4. The van der Waals surface area contributed by atoms with Crippen LogP contribution in [0.5, 0.6) is 0 Å². The highest BCUT2D eigenvalue weighted by molar-refractivity contribution is 5.94. The molecule has 10 heteroatoms. The summed E-state index contributed by atoms with van der Waals surface area (Å²) in [6.07, 6.45) is 2.48. The lowest BCUT2D eigenvalue weighted by Crippen LogP contribution is -2.45. The average molecular weight is 587 g/mol. The Morgan fingerprint density at radius 2 is 1.29 bits per heavy atom. The van der Waals surface area contributed by atoms with Crippen LogP contribution in [0.1, 0.15) is 87.0 Å². The Morgan fingerprint density at radius 3 is 1.80 bits per heavy atom. The van der Waals surface area contributed by atoms with Crippen LogP contribution in [0.3, 0.4) is 0 Å². The number of hydrogen-bond donors (Lipinski definition) is 2. The van der Waals surface area contributed by atoms with Crippen molar-refractivity contribution in [2.45, 2.75) is 93.0 Å². The van der Waals surface area contributed by atoms with E-state index in [0.717, 1.165) is 12.8 Å². The van der Waals surface area contributed by atoms with Crippen LogP contribution in [0, 0.1) is 23.2 Å². The smallest absolute Gasteiger partial charge is 0.220 e. The van der Waals surface area contributed by atoms with Gasteiger partial charge >= 0.3 is 0 Å². The third kappa shape index (κ3) is 20.6. The van der Waals surface area contributed by atoms with Crippen LogP contribution in [-0.2, 0) is 38.1 Å². The largest absolute Gasteiger partial charge is 0.382 e. The number of carbonyl (C=O) groups excluding carboxylic acids is 4. The molecule has 0 aromatic heterocycles. The highest BCUT2D eigenvalue weighted by Gasteiger charge is 2.34. The lowest BCUT2D eigenvalue weighted by atomic mass is 9.78. The normalized spacial score (nSPS) is 13.3. The van der Waals surface area contributed by atoms with Crippen LogP contribution in [0.25, 0.3) is 0 Å². The molecule has 2 N–H and O–H groups in total. The number of carbonyl (C=O) groups is 4. The quantitative estimate of drug-likeness (QED) is 0.155. The van der Waals surface area contributed by atoms with E-state index in [0.29, 0.717) is 65.1 Å². The van der Waals surface area contributed by atoms with Crippen molar-refractivity contribution in [1.29, 1.82) is 0 Å². The molecular weight excluding hydrogens is 528 g/mol. The Balaban J connectivity index is 4.63. The van der Waals surface area contributed by atoms with Crippen molar-refractivity contribution in [2.75, 3.05) is 59.9 Å². The molecule has 0 rings (SSSR count). The Labute approximate surface area is 248 Å². The molecule has 0 aliphatic heterocycles. The summed E-state index contributed by atoms with van der Waals surface area (Å²) >= 11 is 0. The van der Waals surface area contributed by atoms with Gasteiger partial charge in [0.1, 0.15) is 5.78 Å². The van der Waals surface area contributed by atoms with Crippen molar-refractivity contribution in [2.24, 2.45) is 23.2 Å². The molecule has 0 bridgehead atoms. The van der Waals surface area contributed by atoms with Crippen LogP contribution in [0.15, 0.2) is 0 Å². The van der Waals surface area contributed by atoms with Crippen molar-refractivity contribution < 1.29 is 38.1 Å². The van der Waals surface area contributed by atoms with Gasteiger partial charge in [0.25, 0.3) is 0 Å². The predicted octanol–water partition coefficient (Wildman–Crippen LogP) is 3.74. The van der Waals surface area contributed by atoms with E-state index >= 15 is 0 Å². The lowest BCUT2D eigenvalue weighted by Gasteiger charge is -2.27. The Hall–Kier alpha value is -1.88. The molecular formula is C31H58N2O8. The lowest BCUT2D eigenvalue weighted by molar-refractivity contribution is -0.135. The molecule has 0 unspecified atom stereocenters. The molecule has 41 heavy (non-hydrogen) atoms. The van der Waals surface area contributed by atoms with Crippen LogP contribution < -0.4 is 10.6 Å². The van der Waals surface area contributed by atoms with Crippen LogP contribution >= 0.6 is 0 Å². The van der Waals surface area contributed by atoms with Crippen LogP contribution in [0.4, 0.5) is 0 Å². The number of ether oxygens (including phenoxy) is 4. The van der Waals surface area contributed by atoms with Gasteiger partial charge in [0.2, 0.25) is 11.8 Å². The minimum atomic E-state index is -0.657. The maximum absolute atomic E-state index is 13.3. The van der Waals surface area contributed by atoms with Crippen molar-refractivity contribution >= 4 is 23.4 Å². The van der Waals surface area contributed by atoms with Crippen LogP contribution in [-0.4, -0.2) is 89.3 Å². The first kappa shape index (κ1) is 39.1. The van der Waals surface area contributed by atoms with E-state index < -0.39 is 17.4 Å². The van der Waals surface area contributed by atoms with E-state index in [2.05, 4.69) is 24.5 Å². The summed E-state index contributed by atoms with van der Waals surface area (Å²) < 4.78 is 21.1. The van der Waals surface area contributed by atoms with Crippen molar-refractivity contribution in [3.05, 3.63) is 0 Å². The summed E-state index contributed by atoms with van der Waals surface area (Å²) in [5.41, 5.74) is -0.652. The molecule has 0 aliphatic carbocycles. The monoisotopic (exact) mass is 586 g/mol. The molecule has 0 heterocycles. The topological polar surface area (TPSA) is 129 Å². The van der Waals surface area contributed by atoms with Gasteiger partial charge in [0.05, 0.1) is 52.3 Å². The van der Waals surface area contributed by atoms with Gasteiger partial charge in [-0.2, -0.15) is 0 Å². The molecule has 2 atom stereocenters. The molecule has 0 aromatic rings. The van der Waals surface area contributed by atoms with E-state index in [1.54, 1.807) is 7.11 Å². The van der Waals surface area contributed by atoms with E-state index in [1.165, 1.54) is 0 Å². The number of methoxy groups -OCH3 is 1. The number of amides is 2. The van der Waals surface area contributed by atoms with Gasteiger partial charge in [-0.1, -0.05) is 54.9 Å². The highest BCUT2D eigenvalue weighted by Crippen LogP contribution is 2.27. The molecule has 0 spiro atoms. The van der Waals surface area contributed by atoms with Gasteiger partial charge in [-0.05, 0) is 24.7 Å². The van der Waals surface area contributed by atoms with Gasteiger partial charge in [0.15, 0.2) is 5.78 Å². The fraction of sp³-hybridized carbons (Fsp3) is 0.871. The zero-order valence-corrected chi connectivity index (χ0v) is 27.0. The Bertz CT molecular complexity index is 749. The molecule has 0 aromatic carbocycles. The van der Waals surface area contributed by atoms with Crippen LogP contribution in [0.2, 0.25) is 0 Å². The second-order valence-corrected chi connectivity index (χ2v) is 12.3. The average Bonchev–Trinajstić information content (AvgIpc) is 2.88. The first-order chi connectivity index (χ1) is 19.3. The zero-order chi connectivity index (χ0) is 31.3. The Kier molecular flexibility index (Phi) is 21.6. The molecule has 240 valence electrons. The summed E-state index contributed by atoms with van der Waals surface area (Å²) in [6, 6.07) is -0.657. The minimum absolute atomic E-state index is 0.000956. The Morgan fingerprint density at radius 1 is 0.732 bits per heavy atom. The van der Waals surface area contributed by atoms with E-state index in [-0.39, 0.29) is 48.6 Å². The minimum Gasteiger partial charge on any atom is -0.382 e. The summed E-state index contributed by atoms with van der Waals surface area (Å²) in [5.74, 6) is -0.757. The number of ketones is 2. The van der Waals surface area contributed by atoms with E-state index in [1.807, 2.05) is 34.6 Å². The molecule has 0 saturated carbocycles. The van der Waals surface area contributed by atoms with Gasteiger partial charge in [-0.3, -0.25) is 19.2 Å². The highest BCUT2D eigenvalue weighted by atomic mass is 16.6. The van der Waals surface area contributed by atoms with E-state index in [4.69, 9.17) is 18.9 Å². The van der Waals surface area contributed by atoms with Gasteiger partial charge in [-0.25, -0.2) is 0 Å². The fourth-order valence-corrected chi connectivity index (χ4v) is 4.18. The SMILES string of the molecule is COCCOCCOCCOCCNC(=O)CC[C@H](CC(=O)[C@@H](NC(=O)CCCC(C)C)C(C)C)C(=O)C(C)(C)C. The summed E-state index contributed by atoms with van der Waals surface area (Å²) in [6.45, 7) is 17.0. The van der Waals surface area contributed by atoms with E-state index in [9.17, 15) is 19.2 Å². The second kappa shape index (κ2) is 22.7. The number of hydrogen-bond acceptors (Lipinski definition) is 8. The molecule has 0 fully saturated rings. The summed E-state index contributed by atoms with van der Waals surface area (Å²) in [5, 5.41) is 5.70. The number of nitrogens with one attached hydrogen (secondary N) is 2. The fourth-order valence-electron chi connectivity index (χ4n) is 4.18. The van der Waals surface area contributed by atoms with Gasteiger partial charge in [-0.15, -0.1) is 0 Å². The molecule has 0 aliphatic rings. The molecule has 0 saturated heterocycles. The molecule has 0 radical (unpaired) electrons. The number of Topliss-reactive ketones (excluding diaryl/α,β-unsaturated/α-hetero) is 2. The van der Waals surface area contributed by atoms with Gasteiger partial charge in [0, 0.05) is 44.2 Å². The van der Waals surface area contributed by atoms with Crippen molar-refractivity contribution in [3.8, 4) is 0 Å². The van der Waals surface area contributed by atoms with Gasteiger partial charge < -0.3 is 29.6 Å². The third-order valence-electron chi connectivity index (χ3n) is 6.54. The summed E-state index contributed by atoms with van der Waals surface area (Å²) in [7, 11) is 1.62. The standard InChI is InChI=1S/C31H58N2O8/c1-23(2)10-9-11-28(36)33-29(24(3)4)26(34)22-25(30(37)31(5,6)7)12-13-27(35)32-14-15-39-18-19-41-21-20-40-17-16-38-8/h23-25,29H,9-22H2,1-8H3,(H,32,35)(H,33,36)/t25-,29+/m1/s1. The first-order valence-electron chi connectivity index (χ1n) is 15.1. The zero-order valence-electron chi connectivity index (χ0n) is 27.0. The van der Waals surface area contributed by atoms with Crippen molar-refractivity contribution in [3.63, 3.8) is 0 Å². The molecule has 10 nitrogen and oxygen atoms in total. The first-order valence-corrected chi connectivity index (χ1v) is 15.1. The second-order valence-electron chi connectivity index (χ2n) is 12.3. The molecule has 2 amide bonds. The maximum atomic E-state index is 13.3. The maximum Gasteiger partial charge on any atom is 0.220 e. The predicted molar refractivity (Wildman–Crippen MR) is 160 cm³/mol. The van der Waals surface area contributed by atoms with Crippen molar-refractivity contribution in [1.82, 2.24) is 10.6 Å².